The average Bonchev–Trinajstić information content (AvgIpc) is 3.24. The third-order valence-electron chi connectivity index (χ3n) is 3.37. The number of nitrogens with two attached hydrogens (primary N) is 2. The van der Waals surface area contributed by atoms with Crippen LogP contribution in [0.25, 0.3) is 0 Å². The van der Waals surface area contributed by atoms with Crippen LogP contribution in [0, 0.1) is 5.92 Å². The summed E-state index contributed by atoms with van der Waals surface area (Å²) in [6.07, 6.45) is 2.60. The van der Waals surface area contributed by atoms with E-state index in [4.69, 9.17) is 20.9 Å². The molecule has 1 atom stereocenters. The van der Waals surface area contributed by atoms with E-state index in [2.05, 4.69) is 6.07 Å². The van der Waals surface area contributed by atoms with Gasteiger partial charge in [0.15, 0.2) is 0 Å². The standard InChI is InChI=1S/C15H24N2O2/c1-2-19-15-6-5-12(14(17)8-16)7-13(15)10-18-9-11-3-4-11/h5-7,11,14H,2-4,8-10,16-17H2,1H3. The summed E-state index contributed by atoms with van der Waals surface area (Å²) >= 11 is 0. The Bertz CT molecular complexity index is 405. The minimum atomic E-state index is -0.127. The zero-order chi connectivity index (χ0) is 13.7. The van der Waals surface area contributed by atoms with E-state index in [1.165, 1.54) is 12.8 Å². The van der Waals surface area contributed by atoms with Crippen molar-refractivity contribution in [1.82, 2.24) is 0 Å². The van der Waals surface area contributed by atoms with E-state index in [1.807, 2.05) is 19.1 Å². The predicted octanol–water partition coefficient (Wildman–Crippen LogP) is 1.97. The van der Waals surface area contributed by atoms with Crippen LogP contribution in [0.2, 0.25) is 0 Å². The van der Waals surface area contributed by atoms with Gasteiger partial charge in [-0.3, -0.25) is 0 Å². The SMILES string of the molecule is CCOc1ccc(C(N)CN)cc1COCC1CC1. The number of hydrogen-bond acceptors (Lipinski definition) is 4. The molecule has 4 heteroatoms. The molecule has 1 aromatic carbocycles. The normalized spacial score (nSPS) is 16.4. The monoisotopic (exact) mass is 264 g/mol. The van der Waals surface area contributed by atoms with Gasteiger partial charge in [-0.2, -0.15) is 0 Å². The highest BCUT2D eigenvalue weighted by molar-refractivity contribution is 5.38. The van der Waals surface area contributed by atoms with Crippen LogP contribution in [0.5, 0.6) is 5.75 Å². The van der Waals surface area contributed by atoms with Crippen molar-refractivity contribution < 1.29 is 9.47 Å². The lowest BCUT2D eigenvalue weighted by molar-refractivity contribution is 0.109. The van der Waals surface area contributed by atoms with Gasteiger partial charge in [-0.05, 0) is 43.4 Å². The summed E-state index contributed by atoms with van der Waals surface area (Å²) in [5.74, 6) is 1.65. The summed E-state index contributed by atoms with van der Waals surface area (Å²) in [5, 5.41) is 0. The Morgan fingerprint density at radius 1 is 1.37 bits per heavy atom. The summed E-state index contributed by atoms with van der Waals surface area (Å²) in [6, 6.07) is 5.87. The van der Waals surface area contributed by atoms with E-state index in [-0.39, 0.29) is 6.04 Å². The second-order valence-corrected chi connectivity index (χ2v) is 5.10. The van der Waals surface area contributed by atoms with E-state index in [1.54, 1.807) is 0 Å². The highest BCUT2D eigenvalue weighted by atomic mass is 16.5. The summed E-state index contributed by atoms with van der Waals surface area (Å²) in [5.41, 5.74) is 13.7. The molecule has 1 fully saturated rings. The molecule has 1 unspecified atom stereocenters. The van der Waals surface area contributed by atoms with Crippen LogP contribution in [0.4, 0.5) is 0 Å². The molecule has 1 aliphatic carbocycles. The van der Waals surface area contributed by atoms with Gasteiger partial charge >= 0.3 is 0 Å². The molecule has 1 saturated carbocycles. The lowest BCUT2D eigenvalue weighted by Gasteiger charge is -2.15. The molecule has 4 nitrogen and oxygen atoms in total. The van der Waals surface area contributed by atoms with Crippen LogP contribution < -0.4 is 16.2 Å². The Morgan fingerprint density at radius 3 is 2.79 bits per heavy atom. The van der Waals surface area contributed by atoms with Gasteiger partial charge < -0.3 is 20.9 Å². The van der Waals surface area contributed by atoms with Gasteiger partial charge in [0, 0.05) is 24.8 Å². The van der Waals surface area contributed by atoms with Crippen molar-refractivity contribution in [1.29, 1.82) is 0 Å². The zero-order valence-corrected chi connectivity index (χ0v) is 11.6. The third kappa shape index (κ3) is 4.20. The second-order valence-electron chi connectivity index (χ2n) is 5.10. The molecule has 0 radical (unpaired) electrons. The summed E-state index contributed by atoms with van der Waals surface area (Å²) in [6.45, 7) is 4.50. The van der Waals surface area contributed by atoms with Crippen LogP contribution in [0.3, 0.4) is 0 Å². The largest absolute Gasteiger partial charge is 0.494 e. The molecule has 19 heavy (non-hydrogen) atoms. The van der Waals surface area contributed by atoms with Crippen LogP contribution >= 0.6 is 0 Å². The van der Waals surface area contributed by atoms with Gasteiger partial charge in [-0.25, -0.2) is 0 Å². The molecule has 1 aliphatic rings. The van der Waals surface area contributed by atoms with Crippen molar-refractivity contribution in [3.8, 4) is 5.75 Å². The first-order valence-corrected chi connectivity index (χ1v) is 7.03. The van der Waals surface area contributed by atoms with Gasteiger partial charge in [0.05, 0.1) is 13.2 Å². The fraction of sp³-hybridized carbons (Fsp3) is 0.600. The minimum Gasteiger partial charge on any atom is -0.494 e. The van der Waals surface area contributed by atoms with E-state index >= 15 is 0 Å². The van der Waals surface area contributed by atoms with Crippen molar-refractivity contribution in [3.05, 3.63) is 29.3 Å². The second kappa shape index (κ2) is 6.89. The first-order chi connectivity index (χ1) is 9.24. The maximum absolute atomic E-state index is 5.97. The van der Waals surface area contributed by atoms with Crippen LogP contribution in [-0.4, -0.2) is 19.8 Å². The molecule has 0 amide bonds. The Balaban J connectivity index is 2.04. The predicted molar refractivity (Wildman–Crippen MR) is 76.0 cm³/mol. The Morgan fingerprint density at radius 2 is 2.16 bits per heavy atom. The zero-order valence-electron chi connectivity index (χ0n) is 11.6. The highest BCUT2D eigenvalue weighted by Gasteiger charge is 2.21. The van der Waals surface area contributed by atoms with E-state index in [0.717, 1.165) is 29.4 Å². The molecular weight excluding hydrogens is 240 g/mol. The van der Waals surface area contributed by atoms with Crippen molar-refractivity contribution in [2.24, 2.45) is 17.4 Å². The van der Waals surface area contributed by atoms with E-state index < -0.39 is 0 Å². The van der Waals surface area contributed by atoms with Gasteiger partial charge in [0.25, 0.3) is 0 Å². The molecule has 0 bridgehead atoms. The fourth-order valence-electron chi connectivity index (χ4n) is 2.00. The van der Waals surface area contributed by atoms with Crippen LogP contribution in [-0.2, 0) is 11.3 Å². The molecular formula is C15H24N2O2. The Labute approximate surface area is 115 Å². The summed E-state index contributed by atoms with van der Waals surface area (Å²) < 4.78 is 11.4. The molecule has 0 aromatic heterocycles. The Hall–Kier alpha value is -1.10. The van der Waals surface area contributed by atoms with Gasteiger partial charge in [0.1, 0.15) is 5.75 Å². The number of ether oxygens (including phenoxy) is 2. The summed E-state index contributed by atoms with van der Waals surface area (Å²) in [4.78, 5) is 0. The first kappa shape index (κ1) is 14.3. The summed E-state index contributed by atoms with van der Waals surface area (Å²) in [7, 11) is 0. The number of rotatable bonds is 8. The molecule has 2 rings (SSSR count). The Kier molecular flexibility index (Phi) is 5.19. The topological polar surface area (TPSA) is 70.5 Å². The van der Waals surface area contributed by atoms with Crippen molar-refractivity contribution in [2.75, 3.05) is 19.8 Å². The van der Waals surface area contributed by atoms with Crippen molar-refractivity contribution >= 4 is 0 Å². The molecule has 0 aliphatic heterocycles. The van der Waals surface area contributed by atoms with Gasteiger partial charge in [-0.15, -0.1) is 0 Å². The molecule has 1 aromatic rings. The quantitative estimate of drug-likeness (QED) is 0.753. The van der Waals surface area contributed by atoms with Crippen LogP contribution in [0.1, 0.15) is 36.9 Å². The van der Waals surface area contributed by atoms with Crippen molar-refractivity contribution in [3.63, 3.8) is 0 Å². The van der Waals surface area contributed by atoms with E-state index in [0.29, 0.717) is 19.8 Å². The van der Waals surface area contributed by atoms with Gasteiger partial charge in [0.2, 0.25) is 0 Å². The maximum atomic E-state index is 5.97. The van der Waals surface area contributed by atoms with Crippen LogP contribution in [0.15, 0.2) is 18.2 Å². The maximum Gasteiger partial charge on any atom is 0.124 e. The molecule has 4 N–H and O–H groups in total. The van der Waals surface area contributed by atoms with Crippen molar-refractivity contribution in [2.45, 2.75) is 32.4 Å². The third-order valence-corrected chi connectivity index (χ3v) is 3.37. The molecule has 106 valence electrons. The van der Waals surface area contributed by atoms with E-state index in [9.17, 15) is 0 Å². The van der Waals surface area contributed by atoms with Gasteiger partial charge in [-0.1, -0.05) is 6.07 Å². The highest BCUT2D eigenvalue weighted by Crippen LogP contribution is 2.30. The smallest absolute Gasteiger partial charge is 0.124 e. The minimum absolute atomic E-state index is 0.127. The molecule has 0 spiro atoms. The first-order valence-electron chi connectivity index (χ1n) is 7.03. The average molecular weight is 264 g/mol. The fourth-order valence-corrected chi connectivity index (χ4v) is 2.00. The molecule has 0 heterocycles. The lowest BCUT2D eigenvalue weighted by Crippen LogP contribution is -2.21. The molecule has 0 saturated heterocycles. The lowest BCUT2D eigenvalue weighted by atomic mass is 10.0. The number of benzene rings is 1. The number of hydrogen-bond donors (Lipinski definition) is 2.